The van der Waals surface area contributed by atoms with Gasteiger partial charge in [0.2, 0.25) is 0 Å². The average Bonchev–Trinajstić information content (AvgIpc) is 2.80. The lowest BCUT2D eigenvalue weighted by Crippen LogP contribution is -2.00. The third-order valence-electron chi connectivity index (χ3n) is 5.31. The Morgan fingerprint density at radius 1 is 0.636 bits per heavy atom. The minimum absolute atomic E-state index is 0.0895. The van der Waals surface area contributed by atoms with E-state index in [0.29, 0.717) is 27.3 Å². The van der Waals surface area contributed by atoms with Gasteiger partial charge in [-0.25, -0.2) is 0 Å². The maximum atomic E-state index is 11.1. The molecule has 0 aliphatic heterocycles. The summed E-state index contributed by atoms with van der Waals surface area (Å²) in [6, 6.07) is 11.1. The van der Waals surface area contributed by atoms with Gasteiger partial charge >= 0.3 is 5.43 Å². The quantitative estimate of drug-likeness (QED) is 0.172. The molecule has 9 heteroatoms. The molecule has 0 saturated carbocycles. The van der Waals surface area contributed by atoms with Crippen molar-refractivity contribution in [3.63, 3.8) is 0 Å². The molecular weight excluding hydrogens is 432 g/mol. The van der Waals surface area contributed by atoms with Gasteiger partial charge in [0.25, 0.3) is 7.11 Å². The molecule has 0 bridgehead atoms. The van der Waals surface area contributed by atoms with Crippen LogP contribution in [-0.4, -0.2) is 37.7 Å². The van der Waals surface area contributed by atoms with E-state index < -0.39 is 17.2 Å². The van der Waals surface area contributed by atoms with Crippen molar-refractivity contribution in [1.82, 2.24) is 0 Å². The number of phenolic OH excluding ortho intramolecular Hbond substituents is 5. The summed E-state index contributed by atoms with van der Waals surface area (Å²) in [6.07, 6.45) is 0. The Labute approximate surface area is 184 Å². The molecule has 0 atom stereocenters. The molecule has 0 unspecified atom stereocenters. The van der Waals surface area contributed by atoms with Crippen LogP contribution in [0, 0.1) is 0 Å². The zero-order valence-corrected chi connectivity index (χ0v) is 17.0. The molecule has 0 aliphatic carbocycles. The molecule has 0 amide bonds. The Bertz CT molecular complexity index is 1620. The van der Waals surface area contributed by atoms with Crippen molar-refractivity contribution in [3.05, 3.63) is 58.4 Å². The normalized spacial score (nSPS) is 12.1. The Hall–Kier alpha value is -4.79. The average molecular weight is 449 g/mol. The second-order valence-electron chi connectivity index (χ2n) is 7.37. The highest BCUT2D eigenvalue weighted by atomic mass is 16.4. The van der Waals surface area contributed by atoms with Crippen LogP contribution in [0.1, 0.15) is 0 Å². The molecular formula is C24H17O9+. The van der Waals surface area contributed by atoms with E-state index >= 15 is 0 Å². The van der Waals surface area contributed by atoms with Gasteiger partial charge in [0.05, 0.1) is 17.5 Å². The first-order chi connectivity index (χ1) is 15.8. The van der Waals surface area contributed by atoms with Crippen LogP contribution in [0.2, 0.25) is 0 Å². The summed E-state index contributed by atoms with van der Waals surface area (Å²) in [5.41, 5.74) is 1.52. The number of hydrogen-bond donors (Lipinski definition) is 6. The van der Waals surface area contributed by atoms with E-state index in [2.05, 4.69) is 0 Å². The summed E-state index contributed by atoms with van der Waals surface area (Å²) in [6.45, 7) is 0. The fraction of sp³-hybridized carbons (Fsp3) is 0.0417. The number of benzene rings is 3. The molecule has 6 N–H and O–H groups in total. The molecule has 0 radical (unpaired) electrons. The van der Waals surface area contributed by atoms with Crippen LogP contribution in [0.5, 0.6) is 34.5 Å². The fourth-order valence-corrected chi connectivity index (χ4v) is 3.68. The highest BCUT2D eigenvalue weighted by Crippen LogP contribution is 2.46. The zero-order chi connectivity index (χ0) is 23.4. The van der Waals surface area contributed by atoms with E-state index in [1.807, 2.05) is 0 Å². The Kier molecular flexibility index (Phi) is 4.35. The third-order valence-corrected chi connectivity index (χ3v) is 5.31. The van der Waals surface area contributed by atoms with Gasteiger partial charge in [0.15, 0.2) is 40.3 Å². The van der Waals surface area contributed by atoms with Crippen molar-refractivity contribution in [2.24, 2.45) is 0 Å². The van der Waals surface area contributed by atoms with E-state index in [-0.39, 0.29) is 39.9 Å². The smallest absolute Gasteiger partial charge is 0.350 e. The van der Waals surface area contributed by atoms with Crippen LogP contribution >= 0.6 is 0 Å². The largest absolute Gasteiger partial charge is 0.504 e. The second kappa shape index (κ2) is 7.13. The van der Waals surface area contributed by atoms with Gasteiger partial charge in [-0.2, -0.15) is 0 Å². The van der Waals surface area contributed by atoms with Gasteiger partial charge in [-0.1, -0.05) is 0 Å². The van der Waals surface area contributed by atoms with Gasteiger partial charge in [0.1, 0.15) is 16.9 Å². The summed E-state index contributed by atoms with van der Waals surface area (Å²) >= 11 is 0. The van der Waals surface area contributed by atoms with Crippen molar-refractivity contribution in [1.29, 1.82) is 0 Å². The number of rotatable bonds is 2. The molecule has 2 aromatic heterocycles. The third kappa shape index (κ3) is 3.14. The Balaban J connectivity index is 1.89. The topological polar surface area (TPSA) is 159 Å². The highest BCUT2D eigenvalue weighted by molar-refractivity contribution is 6.10. The molecule has 166 valence electrons. The highest BCUT2D eigenvalue weighted by Gasteiger charge is 2.22. The lowest BCUT2D eigenvalue weighted by atomic mass is 10.0. The predicted molar refractivity (Wildman–Crippen MR) is 119 cm³/mol. The maximum absolute atomic E-state index is 11.1. The van der Waals surface area contributed by atoms with Gasteiger partial charge in [0, 0.05) is 16.5 Å². The van der Waals surface area contributed by atoms with Crippen molar-refractivity contribution in [3.8, 4) is 57.1 Å². The van der Waals surface area contributed by atoms with Gasteiger partial charge in [-0.05, 0) is 36.4 Å². The van der Waals surface area contributed by atoms with Crippen LogP contribution < -0.4 is 5.43 Å². The Morgan fingerprint density at radius 3 is 1.91 bits per heavy atom. The molecule has 2 heterocycles. The minimum atomic E-state index is -0.702. The van der Waals surface area contributed by atoms with Crippen LogP contribution in [-0.2, 0) is 0 Å². The van der Waals surface area contributed by atoms with Crippen LogP contribution in [0.3, 0.4) is 0 Å². The number of phenols is 5. The van der Waals surface area contributed by atoms with Crippen molar-refractivity contribution in [2.45, 2.75) is 0 Å². The second-order valence-corrected chi connectivity index (χ2v) is 7.37. The van der Waals surface area contributed by atoms with Gasteiger partial charge in [-0.15, -0.1) is 0 Å². The first-order valence-electron chi connectivity index (χ1n) is 9.65. The van der Waals surface area contributed by atoms with Crippen molar-refractivity contribution < 1.29 is 39.5 Å². The number of aromatic hydroxyl groups is 6. The molecule has 9 nitrogen and oxygen atoms in total. The molecule has 0 fully saturated rings. The summed E-state index contributed by atoms with van der Waals surface area (Å²) < 4.78 is 17.2. The predicted octanol–water partition coefficient (Wildman–Crippen LogP) is 4.27. The van der Waals surface area contributed by atoms with E-state index in [1.54, 1.807) is 12.1 Å². The van der Waals surface area contributed by atoms with Crippen molar-refractivity contribution >= 4 is 21.9 Å². The molecule has 33 heavy (non-hydrogen) atoms. The van der Waals surface area contributed by atoms with E-state index in [4.69, 9.17) is 13.3 Å². The van der Waals surface area contributed by atoms with Gasteiger partial charge in [-0.3, -0.25) is 4.42 Å². The lowest BCUT2D eigenvalue weighted by molar-refractivity contribution is 0.368. The number of hydrogen-bond acceptors (Lipinski definition) is 8. The van der Waals surface area contributed by atoms with Crippen LogP contribution in [0.15, 0.2) is 61.8 Å². The summed E-state index contributed by atoms with van der Waals surface area (Å²) in [7, 11) is 1.46. The summed E-state index contributed by atoms with van der Waals surface area (Å²) in [5, 5.41) is 60.9. The molecule has 5 rings (SSSR count). The molecule has 0 aliphatic rings. The van der Waals surface area contributed by atoms with Gasteiger partial charge < -0.3 is 39.5 Å². The maximum Gasteiger partial charge on any atom is 0.350 e. The first kappa shape index (κ1) is 20.1. The summed E-state index contributed by atoms with van der Waals surface area (Å²) in [5.74, 6) is -2.69. The fourth-order valence-electron chi connectivity index (χ4n) is 3.68. The molecule has 5 aromatic rings. The standard InChI is InChI=1S/C24H16O9/c1-31-12-7-19-21-13(9-18(32-19)10-2-3-14(25)15(26)4-10)22(29)24(33-20(21)8-12)11-5-16(27)23(30)17(28)6-11/h2-9H,1H3,(H5-,25,26,27,28,29,30)/p+1. The molecule has 0 spiro atoms. The minimum Gasteiger partial charge on any atom is -0.504 e. The van der Waals surface area contributed by atoms with Crippen LogP contribution in [0.4, 0.5) is 0 Å². The first-order valence-corrected chi connectivity index (χ1v) is 9.65. The van der Waals surface area contributed by atoms with Crippen LogP contribution in [0.25, 0.3) is 44.6 Å². The van der Waals surface area contributed by atoms with Crippen molar-refractivity contribution in [2.75, 3.05) is 7.11 Å². The monoisotopic (exact) mass is 449 g/mol. The summed E-state index contributed by atoms with van der Waals surface area (Å²) in [4.78, 5) is 0. The zero-order valence-electron chi connectivity index (χ0n) is 17.0. The molecule has 3 aromatic carbocycles. The van der Waals surface area contributed by atoms with E-state index in [9.17, 15) is 30.6 Å². The van der Waals surface area contributed by atoms with E-state index in [0.717, 1.165) is 12.1 Å². The lowest BCUT2D eigenvalue weighted by Gasteiger charge is -2.13. The molecule has 0 saturated heterocycles. The Morgan fingerprint density at radius 2 is 1.27 bits per heavy atom. The van der Waals surface area contributed by atoms with E-state index in [1.165, 1.54) is 31.4 Å². The SMILES string of the molecule is C[O+]=c1cc2oc(-c3ccc(O)c(O)c3)cc3c(O)c(-c4cc(O)c(O)c(O)c4)oc(c1)c23.